The van der Waals surface area contributed by atoms with Gasteiger partial charge in [0.15, 0.2) is 5.16 Å². The number of carbonyl (C=O) groups excluding carboxylic acids is 2. The van der Waals surface area contributed by atoms with Gasteiger partial charge in [0.05, 0.1) is 0 Å². The van der Waals surface area contributed by atoms with Crippen LogP contribution in [-0.2, 0) is 22.4 Å². The van der Waals surface area contributed by atoms with Gasteiger partial charge in [-0.05, 0) is 26.9 Å². The van der Waals surface area contributed by atoms with E-state index in [-0.39, 0.29) is 11.7 Å². The second-order valence-electron chi connectivity index (χ2n) is 5.60. The molecular weight excluding hydrogens is 340 g/mol. The highest BCUT2D eigenvalue weighted by Gasteiger charge is 2.10. The second kappa shape index (κ2) is 12.7. The van der Waals surface area contributed by atoms with Gasteiger partial charge in [0.25, 0.3) is 0 Å². The molecule has 0 saturated heterocycles. The highest BCUT2D eigenvalue weighted by molar-refractivity contribution is 7.99. The fraction of sp³-hybridized carbons (Fsp3) is 0.688. The van der Waals surface area contributed by atoms with Crippen molar-refractivity contribution >= 4 is 23.5 Å². The van der Waals surface area contributed by atoms with Crippen LogP contribution in [0.25, 0.3) is 0 Å². The van der Waals surface area contributed by atoms with Crippen molar-refractivity contribution in [3.63, 3.8) is 0 Å². The third-order valence-electron chi connectivity index (χ3n) is 3.26. The summed E-state index contributed by atoms with van der Waals surface area (Å²) in [5.41, 5.74) is 5.52. The van der Waals surface area contributed by atoms with Crippen LogP contribution in [0.1, 0.15) is 37.8 Å². The van der Waals surface area contributed by atoms with Gasteiger partial charge in [-0.2, -0.15) is 0 Å². The lowest BCUT2D eigenvalue weighted by atomic mass is 10.2. The van der Waals surface area contributed by atoms with Crippen LogP contribution < -0.4 is 16.4 Å². The number of thioether (sulfide) groups is 1. The Morgan fingerprint density at radius 2 is 1.76 bits per heavy atom. The number of hydrogen-bond acceptors (Lipinski definition) is 8. The predicted molar refractivity (Wildman–Crippen MR) is 98.5 cm³/mol. The largest absolute Gasteiger partial charge is 0.356 e. The van der Waals surface area contributed by atoms with Gasteiger partial charge >= 0.3 is 0 Å². The molecule has 0 aliphatic rings. The first-order valence-corrected chi connectivity index (χ1v) is 9.51. The van der Waals surface area contributed by atoms with Crippen molar-refractivity contribution in [2.75, 3.05) is 32.4 Å². The molecule has 1 aromatic rings. The molecule has 0 aliphatic heterocycles. The number of amides is 1. The Bertz CT molecular complexity index is 555. The first-order valence-electron chi connectivity index (χ1n) is 8.52. The minimum absolute atomic E-state index is 0.0158. The van der Waals surface area contributed by atoms with E-state index < -0.39 is 0 Å². The van der Waals surface area contributed by atoms with E-state index in [2.05, 4.69) is 25.6 Å². The SMILES string of the molecule is CNCCCNC(=O)CCc1nc(CCC(C)=O)nc(SCCN)n1. The van der Waals surface area contributed by atoms with Crippen LogP contribution >= 0.6 is 11.8 Å². The zero-order chi connectivity index (χ0) is 18.5. The average molecular weight is 369 g/mol. The standard InChI is InChI=1S/C16H28N6O2S/c1-12(23)4-5-13-20-14(22-16(21-13)25-11-8-17)6-7-15(24)19-10-3-9-18-2/h18H,3-11,17H2,1-2H3,(H,19,24). The third kappa shape index (κ3) is 10.1. The molecule has 0 radical (unpaired) electrons. The molecule has 0 bridgehead atoms. The highest BCUT2D eigenvalue weighted by Crippen LogP contribution is 2.13. The molecule has 0 aliphatic carbocycles. The monoisotopic (exact) mass is 368 g/mol. The lowest BCUT2D eigenvalue weighted by Gasteiger charge is -2.07. The molecule has 1 aromatic heterocycles. The maximum atomic E-state index is 11.9. The molecule has 9 heteroatoms. The molecular formula is C16H28N6O2S. The van der Waals surface area contributed by atoms with Crippen molar-refractivity contribution in [1.82, 2.24) is 25.6 Å². The van der Waals surface area contributed by atoms with E-state index in [1.54, 1.807) is 6.92 Å². The fourth-order valence-corrected chi connectivity index (χ4v) is 2.62. The van der Waals surface area contributed by atoms with Gasteiger partial charge in [-0.1, -0.05) is 11.8 Å². The molecule has 1 heterocycles. The summed E-state index contributed by atoms with van der Waals surface area (Å²) in [5, 5.41) is 6.51. The van der Waals surface area contributed by atoms with E-state index in [0.717, 1.165) is 13.0 Å². The topological polar surface area (TPSA) is 123 Å². The van der Waals surface area contributed by atoms with Gasteiger partial charge in [0.2, 0.25) is 5.91 Å². The Morgan fingerprint density at radius 1 is 1.08 bits per heavy atom. The fourth-order valence-electron chi connectivity index (χ4n) is 1.98. The van der Waals surface area contributed by atoms with Crippen LogP contribution in [0, 0.1) is 0 Å². The van der Waals surface area contributed by atoms with Gasteiger partial charge in [0, 0.05) is 44.5 Å². The molecule has 0 saturated carbocycles. The normalized spacial score (nSPS) is 10.7. The Balaban J connectivity index is 2.61. The van der Waals surface area contributed by atoms with Crippen molar-refractivity contribution in [3.05, 3.63) is 11.6 Å². The van der Waals surface area contributed by atoms with Gasteiger partial charge in [-0.15, -0.1) is 0 Å². The zero-order valence-electron chi connectivity index (χ0n) is 15.0. The van der Waals surface area contributed by atoms with Crippen molar-refractivity contribution in [1.29, 1.82) is 0 Å². The number of Topliss-reactive ketones (excluding diaryl/α,β-unsaturated/α-hetero) is 1. The molecule has 0 aromatic carbocycles. The first-order chi connectivity index (χ1) is 12.0. The molecule has 8 nitrogen and oxygen atoms in total. The molecule has 1 rings (SSSR count). The number of nitrogens with zero attached hydrogens (tertiary/aromatic N) is 3. The van der Waals surface area contributed by atoms with Crippen LogP contribution in [0.15, 0.2) is 5.16 Å². The summed E-state index contributed by atoms with van der Waals surface area (Å²) in [4.78, 5) is 36.2. The van der Waals surface area contributed by atoms with Crippen molar-refractivity contribution < 1.29 is 9.59 Å². The van der Waals surface area contributed by atoms with Crippen LogP contribution in [0.4, 0.5) is 0 Å². The Morgan fingerprint density at radius 3 is 2.36 bits per heavy atom. The number of nitrogens with one attached hydrogen (secondary N) is 2. The van der Waals surface area contributed by atoms with E-state index in [0.29, 0.717) is 61.3 Å². The Hall–Kier alpha value is -1.58. The number of rotatable bonds is 13. The Labute approximate surface area is 153 Å². The molecule has 0 spiro atoms. The molecule has 0 unspecified atom stereocenters. The van der Waals surface area contributed by atoms with E-state index in [1.807, 2.05) is 7.05 Å². The Kier molecular flexibility index (Phi) is 10.9. The van der Waals surface area contributed by atoms with E-state index in [9.17, 15) is 9.59 Å². The molecule has 0 fully saturated rings. The van der Waals surface area contributed by atoms with Crippen LogP contribution in [0.5, 0.6) is 0 Å². The summed E-state index contributed by atoms with van der Waals surface area (Å²) in [7, 11) is 1.88. The minimum atomic E-state index is -0.0158. The van der Waals surface area contributed by atoms with Gasteiger partial charge < -0.3 is 21.2 Å². The number of aromatic nitrogens is 3. The third-order valence-corrected chi connectivity index (χ3v) is 4.14. The van der Waals surface area contributed by atoms with Gasteiger partial charge in [-0.3, -0.25) is 4.79 Å². The zero-order valence-corrected chi connectivity index (χ0v) is 15.8. The summed E-state index contributed by atoms with van der Waals surface area (Å²) in [6, 6.07) is 0. The number of carbonyl (C=O) groups is 2. The van der Waals surface area contributed by atoms with Crippen molar-refractivity contribution in [2.45, 2.75) is 44.2 Å². The molecule has 4 N–H and O–H groups in total. The van der Waals surface area contributed by atoms with Crippen LogP contribution in [-0.4, -0.2) is 59.1 Å². The molecule has 25 heavy (non-hydrogen) atoms. The molecule has 1 amide bonds. The van der Waals surface area contributed by atoms with Crippen molar-refractivity contribution in [2.24, 2.45) is 5.73 Å². The summed E-state index contributed by atoms with van der Waals surface area (Å²) in [6.45, 7) is 3.60. The maximum absolute atomic E-state index is 11.9. The van der Waals surface area contributed by atoms with Crippen LogP contribution in [0.2, 0.25) is 0 Å². The average Bonchev–Trinajstić information content (AvgIpc) is 2.60. The predicted octanol–water partition coefficient (Wildman–Crippen LogP) is 0.102. The van der Waals surface area contributed by atoms with E-state index in [4.69, 9.17) is 5.73 Å². The second-order valence-corrected chi connectivity index (χ2v) is 6.66. The number of hydrogen-bond donors (Lipinski definition) is 3. The minimum Gasteiger partial charge on any atom is -0.356 e. The molecule has 0 atom stereocenters. The van der Waals surface area contributed by atoms with E-state index in [1.165, 1.54) is 11.8 Å². The summed E-state index contributed by atoms with van der Waals surface area (Å²) < 4.78 is 0. The van der Waals surface area contributed by atoms with Gasteiger partial charge in [-0.25, -0.2) is 15.0 Å². The van der Waals surface area contributed by atoms with Crippen LogP contribution in [0.3, 0.4) is 0 Å². The lowest BCUT2D eigenvalue weighted by molar-refractivity contribution is -0.121. The number of aryl methyl sites for hydroxylation is 2. The summed E-state index contributed by atoms with van der Waals surface area (Å²) >= 11 is 1.46. The molecule has 140 valence electrons. The smallest absolute Gasteiger partial charge is 0.220 e. The number of nitrogens with two attached hydrogens (primary N) is 1. The summed E-state index contributed by atoms with van der Waals surface area (Å²) in [5.74, 6) is 1.96. The highest BCUT2D eigenvalue weighted by atomic mass is 32.2. The van der Waals surface area contributed by atoms with E-state index >= 15 is 0 Å². The first kappa shape index (κ1) is 21.5. The quantitative estimate of drug-likeness (QED) is 0.331. The van der Waals surface area contributed by atoms with Gasteiger partial charge in [0.1, 0.15) is 17.4 Å². The van der Waals surface area contributed by atoms with Crippen molar-refractivity contribution in [3.8, 4) is 0 Å². The summed E-state index contributed by atoms with van der Waals surface area (Å²) in [6.07, 6.45) is 2.55. The maximum Gasteiger partial charge on any atom is 0.220 e. The number of ketones is 1. The lowest BCUT2D eigenvalue weighted by Crippen LogP contribution is -2.27.